The Hall–Kier alpha value is -3.55. The molecule has 10 atom stereocenters. The highest BCUT2D eigenvalue weighted by Gasteiger charge is 2.52. The molecule has 2 aliphatic rings. The van der Waals surface area contributed by atoms with Crippen molar-refractivity contribution in [2.45, 2.75) is 67.8 Å². The van der Waals surface area contributed by atoms with E-state index in [1.807, 2.05) is 0 Å². The molecule has 2 saturated heterocycles. The second kappa shape index (κ2) is 15.2. The minimum absolute atomic E-state index is 0.108. The van der Waals surface area contributed by atoms with Crippen molar-refractivity contribution >= 4 is 12.0 Å². The van der Waals surface area contributed by atoms with Crippen LogP contribution in [0.3, 0.4) is 0 Å². The molecule has 0 saturated carbocycles. The first-order valence-corrected chi connectivity index (χ1v) is 13.9. The number of aliphatic hydroxyl groups excluding tert-OH is 6. The number of hydrogen-bond acceptors (Lipinski definition) is 16. The lowest BCUT2D eigenvalue weighted by Crippen LogP contribution is -2.65. The zero-order chi connectivity index (χ0) is 32.8. The molecule has 0 amide bonds. The molecule has 2 aromatic carbocycles. The van der Waals surface area contributed by atoms with Crippen LogP contribution in [0.1, 0.15) is 11.1 Å². The first-order valence-electron chi connectivity index (χ1n) is 13.9. The lowest BCUT2D eigenvalue weighted by Gasteiger charge is -2.46. The highest BCUT2D eigenvalue weighted by molar-refractivity contribution is 5.87. The van der Waals surface area contributed by atoms with Crippen LogP contribution in [0.2, 0.25) is 0 Å². The summed E-state index contributed by atoms with van der Waals surface area (Å²) in [5, 5.41) is 100. The standard InChI is InChI=1S/C29H36O16/c30-11-19-22(37)23(38)24(39)29(42-19)45-27-25(40)28(41-8-7-14-2-5-16(33)18(35)10-14)43-20(12-31)26(27)44-21(36)6-3-13-1-4-15(32)17(34)9-13/h1-6,9-10,19-20,22-35,37-40H,7-8,11-12H2/t19-,20-,22-,23+,24-,25-,26-,27-,28+,29-/m1/s1. The van der Waals surface area contributed by atoms with Crippen LogP contribution in [0.25, 0.3) is 6.08 Å². The molecule has 16 heteroatoms. The molecule has 45 heavy (non-hydrogen) atoms. The van der Waals surface area contributed by atoms with Crippen LogP contribution in [0, 0.1) is 0 Å². The molecule has 2 fully saturated rings. The van der Waals surface area contributed by atoms with E-state index in [9.17, 15) is 55.9 Å². The quantitative estimate of drug-likeness (QED) is 0.0720. The van der Waals surface area contributed by atoms with Gasteiger partial charge in [0.1, 0.15) is 42.7 Å². The van der Waals surface area contributed by atoms with Crippen molar-refractivity contribution in [3.63, 3.8) is 0 Å². The summed E-state index contributed by atoms with van der Waals surface area (Å²) in [7, 11) is 0. The lowest BCUT2D eigenvalue weighted by molar-refractivity contribution is -0.360. The number of esters is 1. The first kappa shape index (κ1) is 34.3. The van der Waals surface area contributed by atoms with Gasteiger partial charge in [0.25, 0.3) is 0 Å². The number of aliphatic hydroxyl groups is 6. The molecule has 4 rings (SSSR count). The Balaban J connectivity index is 1.53. The van der Waals surface area contributed by atoms with Crippen molar-refractivity contribution in [2.75, 3.05) is 19.8 Å². The minimum Gasteiger partial charge on any atom is -0.504 e. The van der Waals surface area contributed by atoms with Crippen LogP contribution in [-0.2, 0) is 34.9 Å². The van der Waals surface area contributed by atoms with Gasteiger partial charge in [-0.2, -0.15) is 0 Å². The number of rotatable bonds is 11. The minimum atomic E-state index is -1.88. The van der Waals surface area contributed by atoms with Crippen LogP contribution in [0.5, 0.6) is 23.0 Å². The van der Waals surface area contributed by atoms with Crippen LogP contribution in [0.4, 0.5) is 0 Å². The molecule has 0 radical (unpaired) electrons. The van der Waals surface area contributed by atoms with Gasteiger partial charge in [-0.25, -0.2) is 4.79 Å². The Labute approximate surface area is 256 Å². The Morgan fingerprint density at radius 1 is 0.733 bits per heavy atom. The van der Waals surface area contributed by atoms with E-state index in [1.165, 1.54) is 42.5 Å². The molecule has 0 unspecified atom stereocenters. The third-order valence-electron chi connectivity index (χ3n) is 7.31. The number of carbonyl (C=O) groups excluding carboxylic acids is 1. The van der Waals surface area contributed by atoms with Crippen molar-refractivity contribution < 1.29 is 79.5 Å². The summed E-state index contributed by atoms with van der Waals surface area (Å²) in [6.07, 6.45) is -14.0. The summed E-state index contributed by atoms with van der Waals surface area (Å²) >= 11 is 0. The summed E-state index contributed by atoms with van der Waals surface area (Å²) < 4.78 is 28.0. The molecule has 2 heterocycles. The van der Waals surface area contributed by atoms with Gasteiger partial charge >= 0.3 is 5.97 Å². The summed E-state index contributed by atoms with van der Waals surface area (Å²) in [5.41, 5.74) is 0.870. The third-order valence-corrected chi connectivity index (χ3v) is 7.31. The number of ether oxygens (including phenoxy) is 5. The fourth-order valence-electron chi connectivity index (χ4n) is 4.81. The van der Waals surface area contributed by atoms with Gasteiger partial charge in [0.05, 0.1) is 19.8 Å². The van der Waals surface area contributed by atoms with E-state index in [4.69, 9.17) is 23.7 Å². The highest BCUT2D eigenvalue weighted by Crippen LogP contribution is 2.32. The highest BCUT2D eigenvalue weighted by atomic mass is 16.7. The average molecular weight is 641 g/mol. The summed E-state index contributed by atoms with van der Waals surface area (Å²) in [6.45, 7) is -1.65. The largest absolute Gasteiger partial charge is 0.504 e. The number of carbonyl (C=O) groups is 1. The predicted molar refractivity (Wildman–Crippen MR) is 149 cm³/mol. The maximum absolute atomic E-state index is 12.8. The van der Waals surface area contributed by atoms with Gasteiger partial charge in [0.2, 0.25) is 0 Å². The van der Waals surface area contributed by atoms with E-state index in [1.54, 1.807) is 0 Å². The number of phenols is 4. The van der Waals surface area contributed by atoms with E-state index in [0.717, 1.165) is 6.08 Å². The number of phenolic OH excluding ortho intramolecular Hbond substituents is 4. The van der Waals surface area contributed by atoms with Crippen molar-refractivity contribution in [3.8, 4) is 23.0 Å². The first-order chi connectivity index (χ1) is 21.4. The van der Waals surface area contributed by atoms with Crippen LogP contribution >= 0.6 is 0 Å². The summed E-state index contributed by atoms with van der Waals surface area (Å²) in [6, 6.07) is 7.88. The molecule has 16 nitrogen and oxygen atoms in total. The Morgan fingerprint density at radius 2 is 1.38 bits per heavy atom. The van der Waals surface area contributed by atoms with E-state index >= 15 is 0 Å². The second-order valence-corrected chi connectivity index (χ2v) is 10.4. The van der Waals surface area contributed by atoms with Gasteiger partial charge in [-0.1, -0.05) is 12.1 Å². The van der Waals surface area contributed by atoms with Gasteiger partial charge in [-0.15, -0.1) is 0 Å². The summed E-state index contributed by atoms with van der Waals surface area (Å²) in [4.78, 5) is 12.8. The molecule has 0 aromatic heterocycles. The molecule has 10 N–H and O–H groups in total. The molecule has 248 valence electrons. The number of benzene rings is 2. The average Bonchev–Trinajstić information content (AvgIpc) is 3.02. The van der Waals surface area contributed by atoms with Crippen molar-refractivity contribution in [2.24, 2.45) is 0 Å². The van der Waals surface area contributed by atoms with E-state index in [2.05, 4.69) is 0 Å². The Bertz CT molecular complexity index is 1320. The lowest BCUT2D eigenvalue weighted by atomic mass is 9.96. The predicted octanol–water partition coefficient (Wildman–Crippen LogP) is -2.04. The van der Waals surface area contributed by atoms with Gasteiger partial charge in [0.15, 0.2) is 41.7 Å². The molecule has 2 aromatic rings. The van der Waals surface area contributed by atoms with E-state index in [-0.39, 0.29) is 30.3 Å². The molecule has 0 bridgehead atoms. The second-order valence-electron chi connectivity index (χ2n) is 10.4. The topological polar surface area (TPSA) is 266 Å². The maximum Gasteiger partial charge on any atom is 0.331 e. The van der Waals surface area contributed by atoms with Crippen molar-refractivity contribution in [1.82, 2.24) is 0 Å². The monoisotopic (exact) mass is 640 g/mol. The van der Waals surface area contributed by atoms with Gasteiger partial charge in [-0.3, -0.25) is 0 Å². The summed E-state index contributed by atoms with van der Waals surface area (Å²) in [5.74, 6) is -2.50. The van der Waals surface area contributed by atoms with Gasteiger partial charge < -0.3 is 74.7 Å². The number of aromatic hydroxyl groups is 4. The third kappa shape index (κ3) is 8.19. The maximum atomic E-state index is 12.8. The van der Waals surface area contributed by atoms with Crippen molar-refractivity contribution in [3.05, 3.63) is 53.6 Å². The van der Waals surface area contributed by atoms with Crippen molar-refractivity contribution in [1.29, 1.82) is 0 Å². The SMILES string of the molecule is O=C(C=Cc1ccc(O)c(O)c1)O[C@H]1[C@H](O[C@H]2O[C@H](CO)[C@@H](O)[C@H](O)[C@H]2O)[C@@H](O)[C@@H](OCCc2ccc(O)c(O)c2)O[C@@H]1CO. The molecular weight excluding hydrogens is 604 g/mol. The Morgan fingerprint density at radius 3 is 2.02 bits per heavy atom. The fourth-order valence-corrected chi connectivity index (χ4v) is 4.81. The van der Waals surface area contributed by atoms with Gasteiger partial charge in [-0.05, 0) is 47.9 Å². The smallest absolute Gasteiger partial charge is 0.331 e. The van der Waals surface area contributed by atoms with Gasteiger partial charge in [0, 0.05) is 6.08 Å². The van der Waals surface area contributed by atoms with Crippen LogP contribution in [-0.4, -0.2) is 138 Å². The van der Waals surface area contributed by atoms with E-state index in [0.29, 0.717) is 11.1 Å². The van der Waals surface area contributed by atoms with Crippen LogP contribution in [0.15, 0.2) is 42.5 Å². The van der Waals surface area contributed by atoms with Crippen LogP contribution < -0.4 is 0 Å². The zero-order valence-electron chi connectivity index (χ0n) is 23.6. The molecule has 2 aliphatic heterocycles. The molecule has 0 spiro atoms. The molecule has 0 aliphatic carbocycles. The Kier molecular flexibility index (Phi) is 11.6. The number of hydrogen-bond donors (Lipinski definition) is 10. The van der Waals surface area contributed by atoms with E-state index < -0.39 is 86.3 Å². The fraction of sp³-hybridized carbons (Fsp3) is 0.483. The normalized spacial score (nSPS) is 32.0. The molecular formula is C29H36O16. The zero-order valence-corrected chi connectivity index (χ0v) is 23.6.